The smallest absolute Gasteiger partial charge is 0.182 e. The highest BCUT2D eigenvalue weighted by Gasteiger charge is 2.20. The van der Waals surface area contributed by atoms with E-state index in [9.17, 15) is 0 Å². The van der Waals surface area contributed by atoms with Crippen LogP contribution >= 0.6 is 0 Å². The van der Waals surface area contributed by atoms with Gasteiger partial charge in [0.2, 0.25) is 0 Å². The number of aromatic nitrogens is 4. The molecular formula is C13H17N5. The zero-order valence-electron chi connectivity index (χ0n) is 10.8. The Labute approximate surface area is 106 Å². The quantitative estimate of drug-likeness (QED) is 0.893. The van der Waals surface area contributed by atoms with E-state index < -0.39 is 0 Å². The summed E-state index contributed by atoms with van der Waals surface area (Å²) in [5.41, 5.74) is 3.31. The lowest BCUT2D eigenvalue weighted by atomic mass is 10.2. The summed E-state index contributed by atoms with van der Waals surface area (Å²) in [5, 5.41) is 7.71. The average Bonchev–Trinajstić information content (AvgIpc) is 2.97. The van der Waals surface area contributed by atoms with Gasteiger partial charge in [0, 0.05) is 31.0 Å². The van der Waals surface area contributed by atoms with Crippen LogP contribution in [0, 0.1) is 0 Å². The van der Waals surface area contributed by atoms with Crippen molar-refractivity contribution in [3.05, 3.63) is 23.5 Å². The summed E-state index contributed by atoms with van der Waals surface area (Å²) in [4.78, 5) is 9.27. The van der Waals surface area contributed by atoms with E-state index in [1.807, 2.05) is 19.3 Å². The molecule has 0 unspecified atom stereocenters. The molecule has 0 aliphatic heterocycles. The Bertz CT molecular complexity index is 573. The third-order valence-corrected chi connectivity index (χ3v) is 3.22. The van der Waals surface area contributed by atoms with E-state index in [0.717, 1.165) is 36.7 Å². The van der Waals surface area contributed by atoms with Gasteiger partial charge in [-0.25, -0.2) is 9.97 Å². The van der Waals surface area contributed by atoms with Crippen LogP contribution in [0.1, 0.15) is 24.6 Å². The van der Waals surface area contributed by atoms with Crippen LogP contribution in [0.3, 0.4) is 0 Å². The Hall–Kier alpha value is -1.91. The van der Waals surface area contributed by atoms with Gasteiger partial charge in [0.05, 0.1) is 0 Å². The van der Waals surface area contributed by atoms with Crippen molar-refractivity contribution >= 4 is 5.82 Å². The second-order valence-corrected chi connectivity index (χ2v) is 4.58. The van der Waals surface area contributed by atoms with E-state index in [1.165, 1.54) is 17.7 Å². The van der Waals surface area contributed by atoms with Crippen LogP contribution in [0.4, 0.5) is 5.82 Å². The standard InChI is InChI=1S/C13H17N5/c1-3-14-12-9-5-4-6-10(9)15-13(16-12)11-7-8-18(2)17-11/h7-8H,3-6H2,1-2H3,(H,14,15,16). The molecule has 0 fully saturated rings. The van der Waals surface area contributed by atoms with E-state index in [2.05, 4.69) is 27.3 Å². The molecule has 2 heterocycles. The van der Waals surface area contributed by atoms with E-state index >= 15 is 0 Å². The maximum absolute atomic E-state index is 4.65. The molecule has 1 aliphatic carbocycles. The lowest BCUT2D eigenvalue weighted by Gasteiger charge is -2.09. The summed E-state index contributed by atoms with van der Waals surface area (Å²) in [6.07, 6.45) is 5.23. The Morgan fingerprint density at radius 2 is 2.22 bits per heavy atom. The molecule has 5 nitrogen and oxygen atoms in total. The molecule has 5 heteroatoms. The second kappa shape index (κ2) is 4.40. The van der Waals surface area contributed by atoms with Gasteiger partial charge in [-0.2, -0.15) is 5.10 Å². The fourth-order valence-corrected chi connectivity index (χ4v) is 2.40. The maximum atomic E-state index is 4.65. The highest BCUT2D eigenvalue weighted by Crippen LogP contribution is 2.28. The molecule has 2 aromatic rings. The van der Waals surface area contributed by atoms with Crippen molar-refractivity contribution in [1.82, 2.24) is 19.7 Å². The third kappa shape index (κ3) is 1.85. The van der Waals surface area contributed by atoms with Crippen LogP contribution in [0.5, 0.6) is 0 Å². The summed E-state index contributed by atoms with van der Waals surface area (Å²) in [6, 6.07) is 1.95. The normalized spacial score (nSPS) is 13.7. The Kier molecular flexibility index (Phi) is 2.74. The number of nitrogens with zero attached hydrogens (tertiary/aromatic N) is 4. The molecule has 1 N–H and O–H groups in total. The van der Waals surface area contributed by atoms with Crippen molar-refractivity contribution < 1.29 is 0 Å². The minimum Gasteiger partial charge on any atom is -0.370 e. The molecule has 0 saturated carbocycles. The van der Waals surface area contributed by atoms with Gasteiger partial charge in [-0.3, -0.25) is 4.68 Å². The monoisotopic (exact) mass is 243 g/mol. The molecule has 0 aromatic carbocycles. The number of hydrogen-bond acceptors (Lipinski definition) is 4. The molecule has 1 aliphatic rings. The minimum absolute atomic E-state index is 0.729. The van der Waals surface area contributed by atoms with Gasteiger partial charge < -0.3 is 5.32 Å². The number of fused-ring (bicyclic) bond motifs is 1. The van der Waals surface area contributed by atoms with Crippen LogP contribution in [-0.4, -0.2) is 26.3 Å². The predicted octanol–water partition coefficient (Wildman–Crippen LogP) is 1.80. The largest absolute Gasteiger partial charge is 0.370 e. The first-order valence-corrected chi connectivity index (χ1v) is 6.41. The molecule has 0 atom stereocenters. The van der Waals surface area contributed by atoms with Gasteiger partial charge in [-0.15, -0.1) is 0 Å². The zero-order valence-corrected chi connectivity index (χ0v) is 10.8. The number of hydrogen-bond donors (Lipinski definition) is 1. The van der Waals surface area contributed by atoms with Gasteiger partial charge in [0.15, 0.2) is 5.82 Å². The first-order valence-electron chi connectivity index (χ1n) is 6.41. The second-order valence-electron chi connectivity index (χ2n) is 4.58. The average molecular weight is 243 g/mol. The third-order valence-electron chi connectivity index (χ3n) is 3.22. The zero-order chi connectivity index (χ0) is 12.5. The predicted molar refractivity (Wildman–Crippen MR) is 70.4 cm³/mol. The molecule has 0 bridgehead atoms. The van der Waals surface area contributed by atoms with Gasteiger partial charge >= 0.3 is 0 Å². The number of nitrogens with one attached hydrogen (secondary N) is 1. The SMILES string of the molecule is CCNc1nc(-c2ccn(C)n2)nc2c1CCC2. The van der Waals surface area contributed by atoms with Crippen LogP contribution in [-0.2, 0) is 19.9 Å². The van der Waals surface area contributed by atoms with E-state index in [-0.39, 0.29) is 0 Å². The first kappa shape index (κ1) is 11.2. The van der Waals surface area contributed by atoms with Crippen LogP contribution < -0.4 is 5.32 Å². The lowest BCUT2D eigenvalue weighted by molar-refractivity contribution is 0.768. The summed E-state index contributed by atoms with van der Waals surface area (Å²) < 4.78 is 1.78. The van der Waals surface area contributed by atoms with Crippen molar-refractivity contribution in [2.75, 3.05) is 11.9 Å². The van der Waals surface area contributed by atoms with Gasteiger partial charge in [-0.1, -0.05) is 0 Å². The Balaban J connectivity index is 2.08. The highest BCUT2D eigenvalue weighted by atomic mass is 15.3. The van der Waals surface area contributed by atoms with Crippen LogP contribution in [0.15, 0.2) is 12.3 Å². The molecule has 0 radical (unpaired) electrons. The van der Waals surface area contributed by atoms with Gasteiger partial charge in [-0.05, 0) is 32.3 Å². The summed E-state index contributed by atoms with van der Waals surface area (Å²) in [6.45, 7) is 2.97. The summed E-state index contributed by atoms with van der Waals surface area (Å²) in [7, 11) is 1.90. The van der Waals surface area contributed by atoms with Crippen molar-refractivity contribution in [1.29, 1.82) is 0 Å². The minimum atomic E-state index is 0.729. The van der Waals surface area contributed by atoms with Crippen molar-refractivity contribution in [3.8, 4) is 11.5 Å². The van der Waals surface area contributed by atoms with E-state index in [0.29, 0.717) is 0 Å². The molecule has 3 rings (SSSR count). The Morgan fingerprint density at radius 3 is 2.94 bits per heavy atom. The molecule has 0 saturated heterocycles. The fourth-order valence-electron chi connectivity index (χ4n) is 2.40. The van der Waals surface area contributed by atoms with Crippen LogP contribution in [0.2, 0.25) is 0 Å². The lowest BCUT2D eigenvalue weighted by Crippen LogP contribution is -2.07. The number of aryl methyl sites for hydroxylation is 2. The van der Waals surface area contributed by atoms with Crippen molar-refractivity contribution in [2.24, 2.45) is 7.05 Å². The molecule has 0 spiro atoms. The maximum Gasteiger partial charge on any atom is 0.182 e. The highest BCUT2D eigenvalue weighted by molar-refractivity contribution is 5.57. The topological polar surface area (TPSA) is 55.6 Å². The Morgan fingerprint density at radius 1 is 1.33 bits per heavy atom. The fraction of sp³-hybridized carbons (Fsp3) is 0.462. The molecule has 94 valence electrons. The molecule has 0 amide bonds. The van der Waals surface area contributed by atoms with Crippen LogP contribution in [0.25, 0.3) is 11.5 Å². The number of anilines is 1. The van der Waals surface area contributed by atoms with E-state index in [1.54, 1.807) is 4.68 Å². The summed E-state index contributed by atoms with van der Waals surface area (Å²) >= 11 is 0. The van der Waals surface area contributed by atoms with Crippen molar-refractivity contribution in [3.63, 3.8) is 0 Å². The van der Waals surface area contributed by atoms with E-state index in [4.69, 9.17) is 0 Å². The van der Waals surface area contributed by atoms with Crippen molar-refractivity contribution in [2.45, 2.75) is 26.2 Å². The van der Waals surface area contributed by atoms with Gasteiger partial charge in [0.25, 0.3) is 0 Å². The molecular weight excluding hydrogens is 226 g/mol. The van der Waals surface area contributed by atoms with Gasteiger partial charge in [0.1, 0.15) is 11.5 Å². The number of rotatable bonds is 3. The molecule has 2 aromatic heterocycles. The first-order chi connectivity index (χ1) is 8.78. The summed E-state index contributed by atoms with van der Waals surface area (Å²) in [5.74, 6) is 1.72. The molecule has 18 heavy (non-hydrogen) atoms.